The van der Waals surface area contributed by atoms with Gasteiger partial charge in [-0.3, -0.25) is 4.90 Å². The fraction of sp³-hybridized carbons (Fsp3) is 0.571. The van der Waals surface area contributed by atoms with E-state index in [1.165, 1.54) is 6.07 Å². The Labute approximate surface area is 108 Å². The molecule has 1 saturated heterocycles. The summed E-state index contributed by atoms with van der Waals surface area (Å²) in [7, 11) is 0. The summed E-state index contributed by atoms with van der Waals surface area (Å²) in [4.78, 5) is 2.31. The number of benzene rings is 1. The molecule has 0 aromatic heterocycles. The molecule has 0 amide bonds. The van der Waals surface area contributed by atoms with Gasteiger partial charge in [0.1, 0.15) is 0 Å². The molecule has 0 bridgehead atoms. The zero-order chi connectivity index (χ0) is 13.1. The van der Waals surface area contributed by atoms with Gasteiger partial charge >= 0.3 is 0 Å². The molecule has 1 fully saturated rings. The molecule has 0 aliphatic carbocycles. The number of aromatic hydroxyl groups is 1. The Morgan fingerprint density at radius 1 is 1.39 bits per heavy atom. The average molecular weight is 252 g/mol. The number of aryl methyl sites for hydroxylation is 1. The lowest BCUT2D eigenvalue weighted by atomic mass is 9.98. The average Bonchev–Trinajstić information content (AvgIpc) is 2.37. The van der Waals surface area contributed by atoms with Crippen LogP contribution in [0, 0.1) is 12.7 Å². The van der Waals surface area contributed by atoms with Gasteiger partial charge in [0.05, 0.1) is 0 Å². The van der Waals surface area contributed by atoms with Gasteiger partial charge < -0.3 is 10.4 Å². The number of phenols is 1. The van der Waals surface area contributed by atoms with Gasteiger partial charge in [-0.05, 0) is 25.0 Å². The molecule has 0 radical (unpaired) electrons. The molecule has 1 atom stereocenters. The summed E-state index contributed by atoms with van der Waals surface area (Å²) in [6.07, 6.45) is 0.871. The van der Waals surface area contributed by atoms with E-state index in [0.29, 0.717) is 0 Å². The fourth-order valence-corrected chi connectivity index (χ4v) is 2.68. The zero-order valence-electron chi connectivity index (χ0n) is 11.0. The van der Waals surface area contributed by atoms with Crippen LogP contribution >= 0.6 is 0 Å². The smallest absolute Gasteiger partial charge is 0.165 e. The van der Waals surface area contributed by atoms with Crippen LogP contribution in [0.5, 0.6) is 5.75 Å². The van der Waals surface area contributed by atoms with Gasteiger partial charge in [-0.25, -0.2) is 4.39 Å². The van der Waals surface area contributed by atoms with Gasteiger partial charge in [-0.1, -0.05) is 13.0 Å². The second-order valence-electron chi connectivity index (χ2n) is 4.89. The Morgan fingerprint density at radius 2 is 2.06 bits per heavy atom. The van der Waals surface area contributed by atoms with Crippen LogP contribution in [0.4, 0.5) is 4.39 Å². The predicted molar refractivity (Wildman–Crippen MR) is 70.3 cm³/mol. The number of hydrogen-bond acceptors (Lipinski definition) is 3. The highest BCUT2D eigenvalue weighted by molar-refractivity contribution is 5.39. The van der Waals surface area contributed by atoms with Crippen LogP contribution in [0.15, 0.2) is 12.1 Å². The van der Waals surface area contributed by atoms with E-state index in [1.807, 2.05) is 13.0 Å². The van der Waals surface area contributed by atoms with E-state index in [1.54, 1.807) is 0 Å². The minimum atomic E-state index is -0.515. The van der Waals surface area contributed by atoms with Crippen molar-refractivity contribution in [3.8, 4) is 5.75 Å². The third kappa shape index (κ3) is 2.65. The summed E-state index contributed by atoms with van der Waals surface area (Å²) < 4.78 is 13.6. The second kappa shape index (κ2) is 5.67. The number of nitrogens with one attached hydrogen (secondary N) is 1. The van der Waals surface area contributed by atoms with Crippen LogP contribution in [0.25, 0.3) is 0 Å². The number of hydrogen-bond donors (Lipinski definition) is 2. The first-order chi connectivity index (χ1) is 8.63. The molecule has 3 nitrogen and oxygen atoms in total. The van der Waals surface area contributed by atoms with Crippen molar-refractivity contribution in [3.63, 3.8) is 0 Å². The van der Waals surface area contributed by atoms with Crippen LogP contribution in [-0.2, 0) is 0 Å². The molecule has 1 aliphatic heterocycles. The van der Waals surface area contributed by atoms with Crippen molar-refractivity contribution >= 4 is 0 Å². The molecule has 0 spiro atoms. The summed E-state index contributed by atoms with van der Waals surface area (Å²) in [6, 6.07) is 3.37. The van der Waals surface area contributed by atoms with Crippen LogP contribution in [-0.4, -0.2) is 36.2 Å². The first kappa shape index (κ1) is 13.3. The van der Waals surface area contributed by atoms with Crippen LogP contribution in [0.2, 0.25) is 0 Å². The monoisotopic (exact) mass is 252 g/mol. The molecule has 100 valence electrons. The highest BCUT2D eigenvalue weighted by Crippen LogP contribution is 2.34. The molecule has 1 aromatic rings. The van der Waals surface area contributed by atoms with E-state index in [2.05, 4.69) is 17.1 Å². The number of nitrogens with zero attached hydrogens (tertiary/aromatic N) is 1. The van der Waals surface area contributed by atoms with E-state index >= 15 is 0 Å². The molecule has 2 rings (SSSR count). The van der Waals surface area contributed by atoms with Crippen molar-refractivity contribution in [1.29, 1.82) is 0 Å². The maximum Gasteiger partial charge on any atom is 0.165 e. The van der Waals surface area contributed by atoms with Gasteiger partial charge in [0.2, 0.25) is 0 Å². The SMILES string of the molecule is CC[C@H](c1cc(C)cc(F)c1O)N1CCNCC1. The molecular formula is C14H21FN2O. The van der Waals surface area contributed by atoms with Crippen molar-refractivity contribution in [2.75, 3.05) is 26.2 Å². The molecule has 1 aromatic carbocycles. The number of halogens is 1. The largest absolute Gasteiger partial charge is 0.505 e. The molecule has 2 N–H and O–H groups in total. The highest BCUT2D eigenvalue weighted by atomic mass is 19.1. The van der Waals surface area contributed by atoms with Crippen molar-refractivity contribution in [2.24, 2.45) is 0 Å². The zero-order valence-corrected chi connectivity index (χ0v) is 11.0. The Bertz CT molecular complexity index is 417. The Morgan fingerprint density at radius 3 is 2.67 bits per heavy atom. The minimum Gasteiger partial charge on any atom is -0.505 e. The van der Waals surface area contributed by atoms with E-state index in [0.717, 1.165) is 43.7 Å². The summed E-state index contributed by atoms with van der Waals surface area (Å²) in [6.45, 7) is 7.71. The number of phenolic OH excluding ortho intramolecular Hbond substituents is 1. The Balaban J connectivity index is 2.31. The second-order valence-corrected chi connectivity index (χ2v) is 4.89. The molecule has 0 unspecified atom stereocenters. The third-order valence-electron chi connectivity index (χ3n) is 3.58. The van der Waals surface area contributed by atoms with Crippen LogP contribution in [0.3, 0.4) is 0 Å². The minimum absolute atomic E-state index is 0.0986. The summed E-state index contributed by atoms with van der Waals surface area (Å²) >= 11 is 0. The quantitative estimate of drug-likeness (QED) is 0.865. The van der Waals surface area contributed by atoms with Crippen molar-refractivity contribution in [3.05, 3.63) is 29.1 Å². The molecule has 4 heteroatoms. The summed E-state index contributed by atoms with van der Waals surface area (Å²) in [5.74, 6) is -0.704. The third-order valence-corrected chi connectivity index (χ3v) is 3.58. The highest BCUT2D eigenvalue weighted by Gasteiger charge is 2.24. The lowest BCUT2D eigenvalue weighted by Crippen LogP contribution is -2.45. The van der Waals surface area contributed by atoms with Crippen LogP contribution in [0.1, 0.15) is 30.5 Å². The fourth-order valence-electron chi connectivity index (χ4n) is 2.68. The lowest BCUT2D eigenvalue weighted by molar-refractivity contribution is 0.166. The van der Waals surface area contributed by atoms with Gasteiger partial charge in [-0.2, -0.15) is 0 Å². The van der Waals surface area contributed by atoms with Gasteiger partial charge in [0.15, 0.2) is 11.6 Å². The first-order valence-electron chi connectivity index (χ1n) is 6.57. The van der Waals surface area contributed by atoms with Crippen LogP contribution < -0.4 is 5.32 Å². The van der Waals surface area contributed by atoms with Crippen molar-refractivity contribution < 1.29 is 9.50 Å². The first-order valence-corrected chi connectivity index (χ1v) is 6.57. The molecule has 0 saturated carbocycles. The number of piperazine rings is 1. The van der Waals surface area contributed by atoms with E-state index in [4.69, 9.17) is 0 Å². The topological polar surface area (TPSA) is 35.5 Å². The molecule has 18 heavy (non-hydrogen) atoms. The maximum absolute atomic E-state index is 13.6. The molecule has 1 aliphatic rings. The van der Waals surface area contributed by atoms with Crippen molar-refractivity contribution in [1.82, 2.24) is 10.2 Å². The van der Waals surface area contributed by atoms with E-state index in [9.17, 15) is 9.50 Å². The van der Waals surface area contributed by atoms with Gasteiger partial charge in [0, 0.05) is 37.8 Å². The normalized spacial score (nSPS) is 18.8. The Hall–Kier alpha value is -1.13. The maximum atomic E-state index is 13.6. The van der Waals surface area contributed by atoms with Gasteiger partial charge in [-0.15, -0.1) is 0 Å². The van der Waals surface area contributed by atoms with E-state index < -0.39 is 5.82 Å². The Kier molecular flexibility index (Phi) is 4.19. The van der Waals surface area contributed by atoms with Gasteiger partial charge in [0.25, 0.3) is 0 Å². The predicted octanol–water partition coefficient (Wildman–Crippen LogP) is 2.20. The number of rotatable bonds is 3. The standard InChI is InChI=1S/C14H21FN2O/c1-3-13(17-6-4-16-5-7-17)11-8-10(2)9-12(15)14(11)18/h8-9,13,16,18H,3-7H2,1-2H3/t13-/m1/s1. The molecular weight excluding hydrogens is 231 g/mol. The summed E-state index contributed by atoms with van der Waals surface area (Å²) in [5, 5.41) is 13.2. The molecule has 1 heterocycles. The lowest BCUT2D eigenvalue weighted by Gasteiger charge is -2.35. The van der Waals surface area contributed by atoms with Crippen molar-refractivity contribution in [2.45, 2.75) is 26.3 Å². The summed E-state index contributed by atoms with van der Waals surface area (Å²) in [5.41, 5.74) is 1.57. The van der Waals surface area contributed by atoms with E-state index in [-0.39, 0.29) is 11.8 Å².